The molecule has 0 aromatic heterocycles. The van der Waals surface area contributed by atoms with Crippen LogP contribution in [-0.4, -0.2) is 30.6 Å². The lowest BCUT2D eigenvalue weighted by molar-refractivity contribution is -0.118. The Morgan fingerprint density at radius 2 is 2.17 bits per heavy atom. The number of carbonyl (C=O) groups excluding carboxylic acids is 2. The maximum absolute atomic E-state index is 11.9. The standard InChI is InChI=1S/C13H21NO4/c1-9(11(15)10-5-6-17-8-10)7-14-12(16)18-13(2,3)4/h8-9H,5-7H2,1-4H3,(H,14,16). The van der Waals surface area contributed by atoms with Gasteiger partial charge in [0, 0.05) is 24.5 Å². The summed E-state index contributed by atoms with van der Waals surface area (Å²) in [5.74, 6) is -0.256. The van der Waals surface area contributed by atoms with E-state index in [0.29, 0.717) is 18.6 Å². The quantitative estimate of drug-likeness (QED) is 0.834. The Morgan fingerprint density at radius 1 is 1.50 bits per heavy atom. The molecule has 0 fully saturated rings. The van der Waals surface area contributed by atoms with Crippen molar-refractivity contribution in [1.82, 2.24) is 5.32 Å². The average Bonchev–Trinajstić information content (AvgIpc) is 2.75. The SMILES string of the molecule is CC(CNC(=O)OC(C)(C)C)C(=O)C1=COCC1. The van der Waals surface area contributed by atoms with Crippen molar-refractivity contribution in [3.8, 4) is 0 Å². The van der Waals surface area contributed by atoms with Crippen LogP contribution in [0, 0.1) is 5.92 Å². The maximum atomic E-state index is 11.9. The van der Waals surface area contributed by atoms with Crippen LogP contribution in [0.5, 0.6) is 0 Å². The Kier molecular flexibility index (Phi) is 4.76. The highest BCUT2D eigenvalue weighted by molar-refractivity contribution is 5.97. The number of ketones is 1. The second-order valence-electron chi connectivity index (χ2n) is 5.41. The fourth-order valence-corrected chi connectivity index (χ4v) is 1.53. The van der Waals surface area contributed by atoms with E-state index in [1.807, 2.05) is 0 Å². The number of hydrogen-bond acceptors (Lipinski definition) is 4. The van der Waals surface area contributed by atoms with Crippen LogP contribution in [0.3, 0.4) is 0 Å². The minimum atomic E-state index is -0.529. The molecule has 18 heavy (non-hydrogen) atoms. The number of hydrogen-bond donors (Lipinski definition) is 1. The molecule has 1 heterocycles. The fourth-order valence-electron chi connectivity index (χ4n) is 1.53. The summed E-state index contributed by atoms with van der Waals surface area (Å²) in [7, 11) is 0. The van der Waals surface area contributed by atoms with E-state index < -0.39 is 11.7 Å². The summed E-state index contributed by atoms with van der Waals surface area (Å²) < 4.78 is 10.1. The second kappa shape index (κ2) is 5.89. The first-order valence-corrected chi connectivity index (χ1v) is 6.11. The number of carbonyl (C=O) groups is 2. The molecule has 1 atom stereocenters. The van der Waals surface area contributed by atoms with Crippen molar-refractivity contribution < 1.29 is 19.1 Å². The lowest BCUT2D eigenvalue weighted by Gasteiger charge is -2.20. The highest BCUT2D eigenvalue weighted by atomic mass is 16.6. The van der Waals surface area contributed by atoms with Crippen LogP contribution in [0.1, 0.15) is 34.1 Å². The highest BCUT2D eigenvalue weighted by Crippen LogP contribution is 2.15. The smallest absolute Gasteiger partial charge is 0.407 e. The van der Waals surface area contributed by atoms with Crippen LogP contribution < -0.4 is 5.32 Å². The minimum absolute atomic E-state index is 0.0172. The van der Waals surface area contributed by atoms with Crippen LogP contribution in [0.4, 0.5) is 4.79 Å². The molecule has 0 aromatic carbocycles. The number of rotatable bonds is 4. The number of alkyl carbamates (subject to hydrolysis) is 1. The van der Waals surface area contributed by atoms with Crippen molar-refractivity contribution in [3.63, 3.8) is 0 Å². The van der Waals surface area contributed by atoms with Gasteiger partial charge in [-0.2, -0.15) is 0 Å². The molecule has 0 saturated heterocycles. The molecule has 5 nitrogen and oxygen atoms in total. The summed E-state index contributed by atoms with van der Waals surface area (Å²) in [6.07, 6.45) is 1.65. The molecule has 0 aromatic rings. The van der Waals surface area contributed by atoms with E-state index >= 15 is 0 Å². The molecule has 0 bridgehead atoms. The zero-order valence-corrected chi connectivity index (χ0v) is 11.4. The Hall–Kier alpha value is -1.52. The summed E-state index contributed by atoms with van der Waals surface area (Å²) in [6.45, 7) is 7.99. The molecule has 102 valence electrons. The Balaban J connectivity index is 2.34. The molecule has 0 saturated carbocycles. The van der Waals surface area contributed by atoms with Crippen molar-refractivity contribution in [2.24, 2.45) is 5.92 Å². The van der Waals surface area contributed by atoms with Crippen molar-refractivity contribution in [1.29, 1.82) is 0 Å². The van der Waals surface area contributed by atoms with Gasteiger partial charge in [-0.15, -0.1) is 0 Å². The largest absolute Gasteiger partial charge is 0.500 e. The fraction of sp³-hybridized carbons (Fsp3) is 0.692. The third kappa shape index (κ3) is 4.77. The van der Waals surface area contributed by atoms with E-state index in [-0.39, 0.29) is 18.2 Å². The first-order valence-electron chi connectivity index (χ1n) is 6.11. The van der Waals surface area contributed by atoms with Crippen LogP contribution in [-0.2, 0) is 14.3 Å². The molecule has 1 unspecified atom stereocenters. The van der Waals surface area contributed by atoms with E-state index in [9.17, 15) is 9.59 Å². The summed E-state index contributed by atoms with van der Waals surface area (Å²) >= 11 is 0. The number of nitrogens with one attached hydrogen (secondary N) is 1. The minimum Gasteiger partial charge on any atom is -0.500 e. The van der Waals surface area contributed by atoms with Crippen LogP contribution in [0.25, 0.3) is 0 Å². The molecular weight excluding hydrogens is 234 g/mol. The van der Waals surface area contributed by atoms with Gasteiger partial charge in [-0.05, 0) is 20.8 Å². The maximum Gasteiger partial charge on any atom is 0.407 e. The molecular formula is C13H21NO4. The number of ether oxygens (including phenoxy) is 2. The molecule has 1 aliphatic rings. The van der Waals surface area contributed by atoms with Gasteiger partial charge in [0.25, 0.3) is 0 Å². The summed E-state index contributed by atoms with van der Waals surface area (Å²) in [5.41, 5.74) is 0.160. The monoisotopic (exact) mass is 255 g/mol. The van der Waals surface area contributed by atoms with Crippen LogP contribution in [0.15, 0.2) is 11.8 Å². The highest BCUT2D eigenvalue weighted by Gasteiger charge is 2.22. The molecule has 1 N–H and O–H groups in total. The van der Waals surface area contributed by atoms with E-state index in [0.717, 1.165) is 0 Å². The van der Waals surface area contributed by atoms with E-state index in [1.54, 1.807) is 27.7 Å². The van der Waals surface area contributed by atoms with E-state index in [4.69, 9.17) is 9.47 Å². The third-order valence-corrected chi connectivity index (χ3v) is 2.43. The lowest BCUT2D eigenvalue weighted by atomic mass is 9.99. The molecule has 1 rings (SSSR count). The van der Waals surface area contributed by atoms with Gasteiger partial charge in [-0.1, -0.05) is 6.92 Å². The number of Topliss-reactive ketones (excluding diaryl/α,β-unsaturated/α-hetero) is 1. The predicted molar refractivity (Wildman–Crippen MR) is 67.1 cm³/mol. The topological polar surface area (TPSA) is 64.6 Å². The number of amides is 1. The zero-order valence-electron chi connectivity index (χ0n) is 11.4. The summed E-state index contributed by atoms with van der Waals surface area (Å²) in [5, 5.41) is 2.59. The van der Waals surface area contributed by atoms with Crippen LogP contribution >= 0.6 is 0 Å². The van der Waals surface area contributed by atoms with Crippen molar-refractivity contribution >= 4 is 11.9 Å². The van der Waals surface area contributed by atoms with Crippen LogP contribution in [0.2, 0.25) is 0 Å². The zero-order chi connectivity index (χ0) is 13.8. The van der Waals surface area contributed by atoms with Crippen molar-refractivity contribution in [2.75, 3.05) is 13.2 Å². The van der Waals surface area contributed by atoms with E-state index in [1.165, 1.54) is 6.26 Å². The normalized spacial score (nSPS) is 16.6. The first-order chi connectivity index (χ1) is 8.29. The Morgan fingerprint density at radius 3 is 2.67 bits per heavy atom. The molecule has 1 aliphatic heterocycles. The third-order valence-electron chi connectivity index (χ3n) is 2.43. The second-order valence-corrected chi connectivity index (χ2v) is 5.41. The molecule has 0 radical (unpaired) electrons. The Labute approximate surface area is 108 Å². The van der Waals surface area contributed by atoms with Gasteiger partial charge in [0.15, 0.2) is 5.78 Å². The van der Waals surface area contributed by atoms with E-state index in [2.05, 4.69) is 5.32 Å². The van der Waals surface area contributed by atoms with Gasteiger partial charge in [-0.3, -0.25) is 4.79 Å². The Bertz CT molecular complexity index is 354. The predicted octanol–water partition coefficient (Wildman–Crippen LogP) is 2.02. The van der Waals surface area contributed by atoms with Gasteiger partial charge in [-0.25, -0.2) is 4.79 Å². The van der Waals surface area contributed by atoms with Gasteiger partial charge >= 0.3 is 6.09 Å². The summed E-state index contributed by atoms with van der Waals surface area (Å²) in [4.78, 5) is 23.3. The lowest BCUT2D eigenvalue weighted by Crippen LogP contribution is -2.36. The molecule has 1 amide bonds. The molecule has 0 spiro atoms. The average molecular weight is 255 g/mol. The van der Waals surface area contributed by atoms with Crippen molar-refractivity contribution in [3.05, 3.63) is 11.8 Å². The van der Waals surface area contributed by atoms with Gasteiger partial charge in [0.05, 0.1) is 12.9 Å². The summed E-state index contributed by atoms with van der Waals surface area (Å²) in [6, 6.07) is 0. The molecule has 5 heteroatoms. The van der Waals surface area contributed by atoms with Gasteiger partial charge in [0.2, 0.25) is 0 Å². The van der Waals surface area contributed by atoms with Crippen molar-refractivity contribution in [2.45, 2.75) is 39.7 Å². The molecule has 0 aliphatic carbocycles. The van der Waals surface area contributed by atoms with Gasteiger partial charge in [0.1, 0.15) is 5.60 Å². The first kappa shape index (κ1) is 14.5. The van der Waals surface area contributed by atoms with Gasteiger partial charge < -0.3 is 14.8 Å².